The first-order valence-corrected chi connectivity index (χ1v) is 7.15. The predicted octanol–water partition coefficient (Wildman–Crippen LogP) is 0.118. The van der Waals surface area contributed by atoms with E-state index in [1.54, 1.807) is 6.92 Å². The highest BCUT2D eigenvalue weighted by Crippen LogP contribution is 2.35. The van der Waals surface area contributed by atoms with Gasteiger partial charge in [-0.05, 0) is 12.0 Å². The maximum atomic E-state index is 11.6. The number of nitro groups is 1. The SMILES string of the molecule is CCC(=O)NC1Cc2c([N+](=O)[O-])cc3[nH]c(=O)c(=O)[nH]c3c2C1. The number of aromatic nitrogens is 2. The zero-order chi connectivity index (χ0) is 16.7. The smallest absolute Gasteiger partial charge is 0.314 e. The molecule has 1 aliphatic rings. The van der Waals surface area contributed by atoms with E-state index in [0.29, 0.717) is 35.9 Å². The Morgan fingerprint density at radius 3 is 2.61 bits per heavy atom. The van der Waals surface area contributed by atoms with Gasteiger partial charge in [-0.2, -0.15) is 0 Å². The molecular weight excluding hydrogens is 304 g/mol. The van der Waals surface area contributed by atoms with E-state index < -0.39 is 16.0 Å². The van der Waals surface area contributed by atoms with Crippen LogP contribution in [0.2, 0.25) is 0 Å². The Labute approximate surface area is 128 Å². The first-order valence-electron chi connectivity index (χ1n) is 7.15. The Balaban J connectivity index is 2.18. The van der Waals surface area contributed by atoms with Gasteiger partial charge in [0.2, 0.25) is 5.91 Å². The number of amides is 1. The summed E-state index contributed by atoms with van der Waals surface area (Å²) in [6.07, 6.45) is 0.996. The maximum absolute atomic E-state index is 11.6. The molecule has 1 atom stereocenters. The fourth-order valence-electron chi connectivity index (χ4n) is 2.97. The van der Waals surface area contributed by atoms with Crippen molar-refractivity contribution in [2.75, 3.05) is 0 Å². The van der Waals surface area contributed by atoms with Crippen LogP contribution in [0.25, 0.3) is 11.0 Å². The number of hydrogen-bond donors (Lipinski definition) is 3. The maximum Gasteiger partial charge on any atom is 0.314 e. The summed E-state index contributed by atoms with van der Waals surface area (Å²) in [4.78, 5) is 50.2. The highest BCUT2D eigenvalue weighted by molar-refractivity contribution is 5.84. The van der Waals surface area contributed by atoms with Gasteiger partial charge in [-0.15, -0.1) is 0 Å². The fourth-order valence-corrected chi connectivity index (χ4v) is 2.97. The van der Waals surface area contributed by atoms with Gasteiger partial charge in [0, 0.05) is 30.5 Å². The van der Waals surface area contributed by atoms with E-state index in [4.69, 9.17) is 0 Å². The first kappa shape index (κ1) is 14.9. The molecule has 1 aromatic carbocycles. The number of H-pyrrole nitrogens is 2. The van der Waals surface area contributed by atoms with Gasteiger partial charge < -0.3 is 15.3 Å². The summed E-state index contributed by atoms with van der Waals surface area (Å²) >= 11 is 0. The molecule has 0 fully saturated rings. The van der Waals surface area contributed by atoms with Crippen LogP contribution < -0.4 is 16.4 Å². The van der Waals surface area contributed by atoms with Crippen LogP contribution in [0.4, 0.5) is 5.69 Å². The third kappa shape index (κ3) is 2.50. The van der Waals surface area contributed by atoms with Gasteiger partial charge in [0.05, 0.1) is 16.0 Å². The molecule has 1 aromatic heterocycles. The van der Waals surface area contributed by atoms with Gasteiger partial charge in [-0.1, -0.05) is 6.92 Å². The molecule has 3 rings (SSSR count). The molecule has 0 aliphatic heterocycles. The molecule has 0 spiro atoms. The Kier molecular flexibility index (Phi) is 3.47. The average Bonchev–Trinajstić information content (AvgIpc) is 2.91. The third-order valence-electron chi connectivity index (χ3n) is 4.00. The third-order valence-corrected chi connectivity index (χ3v) is 4.00. The van der Waals surface area contributed by atoms with E-state index in [0.717, 1.165) is 0 Å². The lowest BCUT2D eigenvalue weighted by molar-refractivity contribution is -0.385. The van der Waals surface area contributed by atoms with Crippen molar-refractivity contribution < 1.29 is 9.72 Å². The van der Waals surface area contributed by atoms with Gasteiger partial charge in [0.15, 0.2) is 0 Å². The number of benzene rings is 1. The minimum atomic E-state index is -0.861. The Bertz CT molecular complexity index is 943. The second-order valence-electron chi connectivity index (χ2n) is 5.47. The molecule has 1 unspecified atom stereocenters. The van der Waals surface area contributed by atoms with Gasteiger partial charge in [0.25, 0.3) is 5.69 Å². The number of aromatic amines is 2. The molecule has 9 heteroatoms. The molecule has 0 radical (unpaired) electrons. The number of fused-ring (bicyclic) bond motifs is 3. The van der Waals surface area contributed by atoms with Crippen LogP contribution in [-0.4, -0.2) is 26.8 Å². The Morgan fingerprint density at radius 2 is 1.96 bits per heavy atom. The summed E-state index contributed by atoms with van der Waals surface area (Å²) in [7, 11) is 0. The summed E-state index contributed by atoms with van der Waals surface area (Å²) in [5.41, 5.74) is -0.139. The molecule has 0 saturated heterocycles. The van der Waals surface area contributed by atoms with Gasteiger partial charge >= 0.3 is 11.1 Å². The Hall–Kier alpha value is -2.97. The normalized spacial score (nSPS) is 16.3. The number of nitrogens with one attached hydrogen (secondary N) is 3. The molecule has 2 aromatic rings. The molecule has 0 saturated carbocycles. The van der Waals surface area contributed by atoms with Crippen molar-refractivity contribution in [1.29, 1.82) is 0 Å². The van der Waals surface area contributed by atoms with Crippen molar-refractivity contribution >= 4 is 22.6 Å². The van der Waals surface area contributed by atoms with Crippen LogP contribution in [0.1, 0.15) is 24.5 Å². The van der Waals surface area contributed by atoms with Crippen molar-refractivity contribution in [3.05, 3.63) is 48.0 Å². The number of nitrogens with zero attached hydrogens (tertiary/aromatic N) is 1. The largest absolute Gasteiger partial charge is 0.353 e. The van der Waals surface area contributed by atoms with Crippen LogP contribution >= 0.6 is 0 Å². The zero-order valence-corrected chi connectivity index (χ0v) is 12.3. The van der Waals surface area contributed by atoms with Crippen LogP contribution in [0.15, 0.2) is 15.7 Å². The molecule has 23 heavy (non-hydrogen) atoms. The number of hydrogen-bond acceptors (Lipinski definition) is 5. The number of carbonyl (C=O) groups is 1. The molecule has 1 amide bonds. The van der Waals surface area contributed by atoms with Gasteiger partial charge in [0.1, 0.15) is 0 Å². The van der Waals surface area contributed by atoms with Crippen LogP contribution in [0.3, 0.4) is 0 Å². The summed E-state index contributed by atoms with van der Waals surface area (Å²) in [5, 5.41) is 14.1. The van der Waals surface area contributed by atoms with E-state index >= 15 is 0 Å². The molecule has 120 valence electrons. The molecule has 1 heterocycles. The number of rotatable bonds is 3. The van der Waals surface area contributed by atoms with Gasteiger partial charge in [-0.3, -0.25) is 24.5 Å². The van der Waals surface area contributed by atoms with Crippen LogP contribution in [0, 0.1) is 10.1 Å². The Morgan fingerprint density at radius 1 is 1.30 bits per heavy atom. The van der Waals surface area contributed by atoms with E-state index in [1.807, 2.05) is 0 Å². The minimum absolute atomic E-state index is 0.122. The lowest BCUT2D eigenvalue weighted by Crippen LogP contribution is -2.34. The second-order valence-corrected chi connectivity index (χ2v) is 5.47. The second kappa shape index (κ2) is 5.34. The molecular formula is C14H14N4O5. The van der Waals surface area contributed by atoms with Crippen molar-refractivity contribution in [2.45, 2.75) is 32.2 Å². The summed E-state index contributed by atoms with van der Waals surface area (Å²) in [5.74, 6) is -0.142. The van der Waals surface area contributed by atoms with Crippen molar-refractivity contribution in [3.63, 3.8) is 0 Å². The van der Waals surface area contributed by atoms with Crippen molar-refractivity contribution in [3.8, 4) is 0 Å². The van der Waals surface area contributed by atoms with E-state index in [-0.39, 0.29) is 23.2 Å². The van der Waals surface area contributed by atoms with E-state index in [9.17, 15) is 24.5 Å². The minimum Gasteiger partial charge on any atom is -0.353 e. The summed E-state index contributed by atoms with van der Waals surface area (Å²) in [6, 6.07) is 0.979. The van der Waals surface area contributed by atoms with Gasteiger partial charge in [-0.25, -0.2) is 0 Å². The molecule has 1 aliphatic carbocycles. The topological polar surface area (TPSA) is 138 Å². The summed E-state index contributed by atoms with van der Waals surface area (Å²) in [6.45, 7) is 1.72. The van der Waals surface area contributed by atoms with E-state index in [2.05, 4.69) is 15.3 Å². The van der Waals surface area contributed by atoms with Crippen molar-refractivity contribution in [2.24, 2.45) is 0 Å². The van der Waals surface area contributed by atoms with Crippen molar-refractivity contribution in [1.82, 2.24) is 15.3 Å². The molecule has 0 bridgehead atoms. The van der Waals surface area contributed by atoms with Crippen LogP contribution in [0.5, 0.6) is 0 Å². The fraction of sp³-hybridized carbons (Fsp3) is 0.357. The zero-order valence-electron chi connectivity index (χ0n) is 12.3. The highest BCUT2D eigenvalue weighted by atomic mass is 16.6. The highest BCUT2D eigenvalue weighted by Gasteiger charge is 2.32. The standard InChI is InChI=1S/C14H14N4O5/c1-2-11(19)15-6-3-7-8(4-6)12-9(5-10(7)18(22)23)16-13(20)14(21)17-12/h5-6H,2-4H2,1H3,(H,15,19)(H,16,20)(H,17,21). The lowest BCUT2D eigenvalue weighted by atomic mass is 10.1. The monoisotopic (exact) mass is 318 g/mol. The van der Waals surface area contributed by atoms with E-state index in [1.165, 1.54) is 6.07 Å². The quantitative estimate of drug-likeness (QED) is 0.419. The lowest BCUT2D eigenvalue weighted by Gasteiger charge is -2.10. The number of carbonyl (C=O) groups excluding carboxylic acids is 1. The molecule has 3 N–H and O–H groups in total. The predicted molar refractivity (Wildman–Crippen MR) is 81.5 cm³/mol. The first-order chi connectivity index (χ1) is 10.9. The number of nitro benzene ring substituents is 1. The summed E-state index contributed by atoms with van der Waals surface area (Å²) < 4.78 is 0. The molecule has 9 nitrogen and oxygen atoms in total. The van der Waals surface area contributed by atoms with Crippen LogP contribution in [-0.2, 0) is 17.6 Å². The average molecular weight is 318 g/mol.